The van der Waals surface area contributed by atoms with Gasteiger partial charge in [0.1, 0.15) is 5.41 Å². The number of rotatable bonds is 2. The van der Waals surface area contributed by atoms with Crippen molar-refractivity contribution < 1.29 is 14.4 Å². The molecule has 1 N–H and O–H groups in total. The van der Waals surface area contributed by atoms with Crippen LogP contribution in [0.2, 0.25) is 0 Å². The molecule has 0 saturated carbocycles. The lowest BCUT2D eigenvalue weighted by atomic mass is 9.88. The van der Waals surface area contributed by atoms with E-state index >= 15 is 0 Å². The number of nitrogens with zero attached hydrogens (tertiary/aromatic N) is 2. The molecule has 1 saturated heterocycles. The van der Waals surface area contributed by atoms with Gasteiger partial charge in [0.15, 0.2) is 0 Å². The third kappa shape index (κ3) is 2.11. The van der Waals surface area contributed by atoms with Gasteiger partial charge in [-0.2, -0.15) is 0 Å². The molecule has 7 heteroatoms. The third-order valence-electron chi connectivity index (χ3n) is 3.47. The quantitative estimate of drug-likeness (QED) is 0.845. The maximum atomic E-state index is 12.4. The van der Waals surface area contributed by atoms with Gasteiger partial charge in [-0.25, -0.2) is 9.78 Å². The number of imide groups is 2. The van der Waals surface area contributed by atoms with Crippen molar-refractivity contribution in [3.8, 4) is 0 Å². The van der Waals surface area contributed by atoms with Gasteiger partial charge in [0.2, 0.25) is 11.8 Å². The number of carbonyl (C=O) groups excluding carboxylic acids is 3. The fourth-order valence-electron chi connectivity index (χ4n) is 2.21. The minimum absolute atomic E-state index is 0.443. The highest BCUT2D eigenvalue weighted by Crippen LogP contribution is 2.34. The fraction of sp³-hybridized carbons (Fsp3) is 0.538. The molecule has 0 aliphatic carbocycles. The van der Waals surface area contributed by atoms with Crippen LogP contribution in [0.4, 0.5) is 4.79 Å². The van der Waals surface area contributed by atoms with Gasteiger partial charge in [-0.1, -0.05) is 0 Å². The summed E-state index contributed by atoms with van der Waals surface area (Å²) in [5, 5.41) is 3.12. The molecule has 1 fully saturated rings. The first-order valence-electron chi connectivity index (χ1n) is 6.29. The smallest absolute Gasteiger partial charge is 0.277 e. The minimum atomic E-state index is -1.24. The van der Waals surface area contributed by atoms with Crippen molar-refractivity contribution >= 4 is 29.2 Å². The first-order chi connectivity index (χ1) is 9.16. The Hall–Kier alpha value is -1.76. The molecule has 108 valence electrons. The van der Waals surface area contributed by atoms with Crippen LogP contribution in [0, 0.1) is 19.3 Å². The molecule has 1 aliphatic rings. The Morgan fingerprint density at radius 3 is 2.35 bits per heavy atom. The lowest BCUT2D eigenvalue weighted by Gasteiger charge is -2.37. The van der Waals surface area contributed by atoms with Crippen molar-refractivity contribution in [3.05, 3.63) is 15.6 Å². The molecule has 0 radical (unpaired) electrons. The molecular weight excluding hydrogens is 278 g/mol. The van der Waals surface area contributed by atoms with Gasteiger partial charge in [0.25, 0.3) is 0 Å². The van der Waals surface area contributed by atoms with Gasteiger partial charge in [-0.3, -0.25) is 19.8 Å². The zero-order chi connectivity index (χ0) is 15.2. The van der Waals surface area contributed by atoms with Crippen molar-refractivity contribution in [3.63, 3.8) is 0 Å². The molecule has 0 spiro atoms. The molecular formula is C13H17N3O3S. The second-order valence-electron chi connectivity index (χ2n) is 5.42. The Labute approximate surface area is 121 Å². The van der Waals surface area contributed by atoms with Crippen molar-refractivity contribution in [2.24, 2.45) is 5.41 Å². The molecule has 6 nitrogen and oxygen atoms in total. The van der Waals surface area contributed by atoms with Crippen molar-refractivity contribution in [2.45, 2.75) is 40.7 Å². The van der Waals surface area contributed by atoms with E-state index < -0.39 is 29.3 Å². The van der Waals surface area contributed by atoms with Crippen LogP contribution in [0.15, 0.2) is 0 Å². The lowest BCUT2D eigenvalue weighted by Crippen LogP contribution is -2.62. The van der Waals surface area contributed by atoms with Crippen LogP contribution in [-0.2, 0) is 9.59 Å². The Kier molecular flexibility index (Phi) is 3.41. The Morgan fingerprint density at radius 1 is 1.25 bits per heavy atom. The predicted octanol–water partition coefficient (Wildman–Crippen LogP) is 1.93. The molecule has 0 bridgehead atoms. The number of barbiturate groups is 1. The normalized spacial score (nSPS) is 20.1. The molecule has 1 aromatic heterocycles. The van der Waals surface area contributed by atoms with Gasteiger partial charge < -0.3 is 0 Å². The summed E-state index contributed by atoms with van der Waals surface area (Å²) in [5.41, 5.74) is -0.439. The van der Waals surface area contributed by atoms with E-state index in [9.17, 15) is 14.4 Å². The maximum Gasteiger partial charge on any atom is 0.331 e. The summed E-state index contributed by atoms with van der Waals surface area (Å²) in [7, 11) is 0. The molecule has 4 amide bonds. The monoisotopic (exact) mass is 295 g/mol. The number of amides is 4. The number of thiazole rings is 1. The number of nitrogens with one attached hydrogen (secondary N) is 1. The van der Waals surface area contributed by atoms with E-state index in [1.165, 1.54) is 25.2 Å². The van der Waals surface area contributed by atoms with Crippen molar-refractivity contribution in [1.29, 1.82) is 0 Å². The van der Waals surface area contributed by atoms with E-state index in [0.717, 1.165) is 20.5 Å². The predicted molar refractivity (Wildman–Crippen MR) is 74.2 cm³/mol. The SMILES string of the molecule is Cc1nc(C)c(C(C)N2C(=O)NC(=O)C(C)(C)C2=O)s1. The second kappa shape index (κ2) is 4.66. The van der Waals surface area contributed by atoms with E-state index in [-0.39, 0.29) is 0 Å². The van der Waals surface area contributed by atoms with Crippen molar-refractivity contribution in [2.75, 3.05) is 0 Å². The highest BCUT2D eigenvalue weighted by molar-refractivity contribution is 7.11. The molecule has 1 atom stereocenters. The van der Waals surface area contributed by atoms with Crippen LogP contribution in [-0.4, -0.2) is 27.7 Å². The summed E-state index contributed by atoms with van der Waals surface area (Å²) in [6.07, 6.45) is 0. The van der Waals surface area contributed by atoms with Crippen LogP contribution >= 0.6 is 11.3 Å². The molecule has 20 heavy (non-hydrogen) atoms. The van der Waals surface area contributed by atoms with E-state index in [2.05, 4.69) is 10.3 Å². The number of carbonyl (C=O) groups is 3. The van der Waals surface area contributed by atoms with Gasteiger partial charge in [0, 0.05) is 0 Å². The minimum Gasteiger partial charge on any atom is -0.277 e. The number of hydrogen-bond acceptors (Lipinski definition) is 5. The fourth-order valence-corrected chi connectivity index (χ4v) is 3.18. The largest absolute Gasteiger partial charge is 0.331 e. The molecule has 2 rings (SSSR count). The van der Waals surface area contributed by atoms with Gasteiger partial charge >= 0.3 is 6.03 Å². The zero-order valence-corrected chi connectivity index (χ0v) is 12.9. The number of aryl methyl sites for hydroxylation is 2. The van der Waals surface area contributed by atoms with Crippen LogP contribution in [0.1, 0.15) is 42.4 Å². The zero-order valence-electron chi connectivity index (χ0n) is 12.1. The van der Waals surface area contributed by atoms with Crippen LogP contribution in [0.25, 0.3) is 0 Å². The molecule has 1 aromatic rings. The van der Waals surface area contributed by atoms with E-state index in [0.29, 0.717) is 0 Å². The molecule has 2 heterocycles. The molecule has 1 aliphatic heterocycles. The summed E-state index contributed by atoms with van der Waals surface area (Å²) < 4.78 is 0. The van der Waals surface area contributed by atoms with Crippen LogP contribution in [0.5, 0.6) is 0 Å². The second-order valence-corrected chi connectivity index (χ2v) is 6.65. The average Bonchev–Trinajstić information content (AvgIpc) is 2.66. The van der Waals surface area contributed by atoms with E-state index in [4.69, 9.17) is 0 Å². The highest BCUT2D eigenvalue weighted by atomic mass is 32.1. The van der Waals surface area contributed by atoms with Crippen LogP contribution < -0.4 is 5.32 Å². The summed E-state index contributed by atoms with van der Waals surface area (Å²) in [6.45, 7) is 8.52. The average molecular weight is 295 g/mol. The molecule has 1 unspecified atom stereocenters. The first kappa shape index (κ1) is 14.6. The number of urea groups is 1. The first-order valence-corrected chi connectivity index (χ1v) is 7.11. The van der Waals surface area contributed by atoms with Gasteiger partial charge in [0.05, 0.1) is 21.6 Å². The Bertz CT molecular complexity index is 606. The van der Waals surface area contributed by atoms with E-state index in [1.54, 1.807) is 6.92 Å². The third-order valence-corrected chi connectivity index (χ3v) is 4.71. The summed E-state index contributed by atoms with van der Waals surface area (Å²) >= 11 is 1.45. The van der Waals surface area contributed by atoms with Gasteiger partial charge in [-0.15, -0.1) is 11.3 Å². The Morgan fingerprint density at radius 2 is 1.85 bits per heavy atom. The number of aromatic nitrogens is 1. The topological polar surface area (TPSA) is 79.4 Å². The summed E-state index contributed by atoms with van der Waals surface area (Å²) in [6, 6.07) is -1.11. The van der Waals surface area contributed by atoms with E-state index in [1.807, 2.05) is 13.8 Å². The highest BCUT2D eigenvalue weighted by Gasteiger charge is 2.49. The van der Waals surface area contributed by atoms with Crippen molar-refractivity contribution in [1.82, 2.24) is 15.2 Å². The summed E-state index contributed by atoms with van der Waals surface area (Å²) in [5.74, 6) is -1.04. The van der Waals surface area contributed by atoms with Gasteiger partial charge in [-0.05, 0) is 34.6 Å². The molecule has 0 aromatic carbocycles. The maximum absolute atomic E-state index is 12.4. The Balaban J connectivity index is 2.40. The van der Waals surface area contributed by atoms with Crippen LogP contribution in [0.3, 0.4) is 0 Å². The lowest BCUT2D eigenvalue weighted by molar-refractivity contribution is -0.150. The number of hydrogen-bond donors (Lipinski definition) is 1. The summed E-state index contributed by atoms with van der Waals surface area (Å²) in [4.78, 5) is 42.4. The standard InChI is InChI=1S/C13H17N3O3S/c1-6-9(20-8(3)14-6)7(2)16-11(18)13(4,5)10(17)15-12(16)19/h7H,1-5H3,(H,15,17,19).